The van der Waals surface area contributed by atoms with Gasteiger partial charge in [0.25, 0.3) is 5.91 Å². The second-order valence-corrected chi connectivity index (χ2v) is 4.87. The Bertz CT molecular complexity index is 925. The van der Waals surface area contributed by atoms with E-state index in [9.17, 15) is 19.6 Å². The summed E-state index contributed by atoms with van der Waals surface area (Å²) in [6.07, 6.45) is 1.14. The number of carbonyl (C=O) groups excluding carboxylic acids is 1. The van der Waals surface area contributed by atoms with Crippen LogP contribution < -0.4 is 5.32 Å². The standard InChI is InChI=1S/C18H12N2O5/c19-10-12(9-11-5-1-2-6-13(11)17(22)23)16(21)20-15-8-4-3-7-14(15)18(24)25/h1-9H,(H,20,21)(H,22,23)(H,24,25)/b12-9+. The molecule has 0 heterocycles. The molecule has 3 N–H and O–H groups in total. The second-order valence-electron chi connectivity index (χ2n) is 4.87. The monoisotopic (exact) mass is 336 g/mol. The molecule has 0 aromatic heterocycles. The molecule has 0 radical (unpaired) electrons. The van der Waals surface area contributed by atoms with Crippen LogP contribution in [0.5, 0.6) is 0 Å². The van der Waals surface area contributed by atoms with Crippen LogP contribution in [-0.4, -0.2) is 28.1 Å². The van der Waals surface area contributed by atoms with E-state index in [-0.39, 0.29) is 28.0 Å². The van der Waals surface area contributed by atoms with Gasteiger partial charge >= 0.3 is 11.9 Å². The van der Waals surface area contributed by atoms with E-state index in [1.807, 2.05) is 0 Å². The van der Waals surface area contributed by atoms with Gasteiger partial charge < -0.3 is 15.5 Å². The van der Waals surface area contributed by atoms with Gasteiger partial charge in [-0.15, -0.1) is 0 Å². The van der Waals surface area contributed by atoms with Crippen molar-refractivity contribution in [1.29, 1.82) is 5.26 Å². The van der Waals surface area contributed by atoms with E-state index in [0.29, 0.717) is 0 Å². The van der Waals surface area contributed by atoms with Gasteiger partial charge in [0.1, 0.15) is 11.6 Å². The third-order valence-corrected chi connectivity index (χ3v) is 3.26. The molecular formula is C18H12N2O5. The summed E-state index contributed by atoms with van der Waals surface area (Å²) in [5.74, 6) is -3.26. The number of hydrogen-bond donors (Lipinski definition) is 3. The topological polar surface area (TPSA) is 127 Å². The van der Waals surface area contributed by atoms with Gasteiger partial charge in [0, 0.05) is 0 Å². The molecule has 0 saturated carbocycles. The van der Waals surface area contributed by atoms with Crippen molar-refractivity contribution in [3.8, 4) is 6.07 Å². The molecule has 7 heteroatoms. The van der Waals surface area contributed by atoms with E-state index >= 15 is 0 Å². The minimum Gasteiger partial charge on any atom is -0.478 e. The summed E-state index contributed by atoms with van der Waals surface area (Å²) in [7, 11) is 0. The number of carboxylic acids is 2. The van der Waals surface area contributed by atoms with E-state index < -0.39 is 17.8 Å². The number of nitrogens with one attached hydrogen (secondary N) is 1. The van der Waals surface area contributed by atoms with Gasteiger partial charge in [-0.25, -0.2) is 9.59 Å². The molecule has 2 aromatic carbocycles. The predicted octanol–water partition coefficient (Wildman–Crippen LogP) is 2.63. The van der Waals surface area contributed by atoms with Crippen LogP contribution in [0.2, 0.25) is 0 Å². The Morgan fingerprint density at radius 1 is 0.920 bits per heavy atom. The molecule has 2 rings (SSSR count). The van der Waals surface area contributed by atoms with Crippen molar-refractivity contribution in [2.75, 3.05) is 5.32 Å². The first-order chi connectivity index (χ1) is 11.9. The van der Waals surface area contributed by atoms with E-state index in [4.69, 9.17) is 10.2 Å². The third kappa shape index (κ3) is 4.09. The molecule has 0 aliphatic rings. The van der Waals surface area contributed by atoms with Gasteiger partial charge in [0.15, 0.2) is 0 Å². The average Bonchev–Trinajstić information content (AvgIpc) is 2.60. The molecule has 1 amide bonds. The van der Waals surface area contributed by atoms with Gasteiger partial charge in [-0.1, -0.05) is 30.3 Å². The quantitative estimate of drug-likeness (QED) is 0.569. The fraction of sp³-hybridized carbons (Fsp3) is 0. The number of benzene rings is 2. The normalized spacial score (nSPS) is 10.6. The molecule has 0 saturated heterocycles. The van der Waals surface area contributed by atoms with Crippen LogP contribution in [0, 0.1) is 11.3 Å². The van der Waals surface area contributed by atoms with Gasteiger partial charge in [-0.05, 0) is 29.8 Å². The number of para-hydroxylation sites is 1. The van der Waals surface area contributed by atoms with E-state index in [0.717, 1.165) is 6.08 Å². The third-order valence-electron chi connectivity index (χ3n) is 3.26. The predicted molar refractivity (Wildman–Crippen MR) is 89.0 cm³/mol. The lowest BCUT2D eigenvalue weighted by atomic mass is 10.0. The van der Waals surface area contributed by atoms with Crippen molar-refractivity contribution >= 4 is 29.6 Å². The number of anilines is 1. The SMILES string of the molecule is N#C/C(=C\c1ccccc1C(=O)O)C(=O)Nc1ccccc1C(=O)O. The zero-order valence-corrected chi connectivity index (χ0v) is 12.8. The Morgan fingerprint density at radius 2 is 1.48 bits per heavy atom. The Kier molecular flexibility index (Phi) is 5.28. The molecule has 25 heavy (non-hydrogen) atoms. The summed E-state index contributed by atoms with van der Waals surface area (Å²) in [5, 5.41) is 29.8. The summed E-state index contributed by atoms with van der Waals surface area (Å²) >= 11 is 0. The maximum Gasteiger partial charge on any atom is 0.337 e. The highest BCUT2D eigenvalue weighted by Crippen LogP contribution is 2.18. The zero-order valence-electron chi connectivity index (χ0n) is 12.8. The summed E-state index contributed by atoms with van der Waals surface area (Å²) < 4.78 is 0. The molecule has 0 atom stereocenters. The number of hydrogen-bond acceptors (Lipinski definition) is 4. The Hall–Kier alpha value is -3.92. The summed E-state index contributed by atoms with van der Waals surface area (Å²) in [5.41, 5.74) is -0.317. The Balaban J connectivity index is 2.37. The molecule has 0 aliphatic carbocycles. The highest BCUT2D eigenvalue weighted by Gasteiger charge is 2.16. The largest absolute Gasteiger partial charge is 0.478 e. The first-order valence-corrected chi connectivity index (χ1v) is 7.02. The van der Waals surface area contributed by atoms with E-state index in [1.165, 1.54) is 42.5 Å². The molecule has 124 valence electrons. The van der Waals surface area contributed by atoms with E-state index in [1.54, 1.807) is 12.1 Å². The maximum atomic E-state index is 12.3. The van der Waals surface area contributed by atoms with Crippen LogP contribution in [-0.2, 0) is 4.79 Å². The number of aromatic carboxylic acids is 2. The van der Waals surface area contributed by atoms with Crippen LogP contribution in [0.1, 0.15) is 26.3 Å². The van der Waals surface area contributed by atoms with Crippen molar-refractivity contribution in [3.05, 3.63) is 70.8 Å². The fourth-order valence-electron chi connectivity index (χ4n) is 2.09. The number of nitrogens with zero attached hydrogens (tertiary/aromatic N) is 1. The van der Waals surface area contributed by atoms with Crippen LogP contribution in [0.4, 0.5) is 5.69 Å². The highest BCUT2D eigenvalue weighted by molar-refractivity contribution is 6.12. The van der Waals surface area contributed by atoms with Gasteiger partial charge in [-0.3, -0.25) is 4.79 Å². The lowest BCUT2D eigenvalue weighted by molar-refractivity contribution is -0.112. The van der Waals surface area contributed by atoms with Gasteiger partial charge in [0.2, 0.25) is 0 Å². The number of rotatable bonds is 5. The van der Waals surface area contributed by atoms with Gasteiger partial charge in [0.05, 0.1) is 16.8 Å². The fourth-order valence-corrected chi connectivity index (χ4v) is 2.09. The van der Waals surface area contributed by atoms with Crippen LogP contribution >= 0.6 is 0 Å². The first-order valence-electron chi connectivity index (χ1n) is 7.02. The summed E-state index contributed by atoms with van der Waals surface area (Å²) in [6, 6.07) is 13.3. The molecule has 0 unspecified atom stereocenters. The highest BCUT2D eigenvalue weighted by atomic mass is 16.4. The second kappa shape index (κ2) is 7.57. The lowest BCUT2D eigenvalue weighted by Gasteiger charge is -2.08. The molecule has 0 spiro atoms. The van der Waals surface area contributed by atoms with E-state index in [2.05, 4.69) is 5.32 Å². The summed E-state index contributed by atoms with van der Waals surface area (Å²) in [4.78, 5) is 34.6. The first kappa shape index (κ1) is 17.4. The summed E-state index contributed by atoms with van der Waals surface area (Å²) in [6.45, 7) is 0. The molecule has 2 aromatic rings. The Morgan fingerprint density at radius 3 is 2.08 bits per heavy atom. The smallest absolute Gasteiger partial charge is 0.337 e. The van der Waals surface area contributed by atoms with Crippen molar-refractivity contribution in [2.45, 2.75) is 0 Å². The maximum absolute atomic E-state index is 12.3. The number of nitriles is 1. The molecule has 0 fully saturated rings. The van der Waals surface area contributed by atoms with Crippen molar-refractivity contribution < 1.29 is 24.6 Å². The zero-order chi connectivity index (χ0) is 18.4. The van der Waals surface area contributed by atoms with Gasteiger partial charge in [-0.2, -0.15) is 5.26 Å². The number of carboxylic acid groups (broad SMARTS) is 2. The van der Waals surface area contributed by atoms with Crippen LogP contribution in [0.15, 0.2) is 54.1 Å². The van der Waals surface area contributed by atoms with Crippen LogP contribution in [0.3, 0.4) is 0 Å². The van der Waals surface area contributed by atoms with Crippen LogP contribution in [0.25, 0.3) is 6.08 Å². The molecule has 0 bridgehead atoms. The average molecular weight is 336 g/mol. The molecular weight excluding hydrogens is 324 g/mol. The number of carbonyl (C=O) groups is 3. The van der Waals surface area contributed by atoms with Crippen molar-refractivity contribution in [2.24, 2.45) is 0 Å². The minimum absolute atomic E-state index is 0.0349. The van der Waals surface area contributed by atoms with Crippen molar-refractivity contribution in [1.82, 2.24) is 0 Å². The Labute approximate surface area is 142 Å². The van der Waals surface area contributed by atoms with Crippen molar-refractivity contribution in [3.63, 3.8) is 0 Å². The molecule has 0 aliphatic heterocycles. The lowest BCUT2D eigenvalue weighted by Crippen LogP contribution is -2.16. The molecule has 7 nitrogen and oxygen atoms in total. The minimum atomic E-state index is -1.23. The number of amides is 1.